The van der Waals surface area contributed by atoms with E-state index in [1.54, 1.807) is 12.3 Å². The van der Waals surface area contributed by atoms with Gasteiger partial charge in [-0.2, -0.15) is 10.2 Å². The van der Waals surface area contributed by atoms with Crippen molar-refractivity contribution < 1.29 is 0 Å². The molecule has 0 aliphatic carbocycles. The summed E-state index contributed by atoms with van der Waals surface area (Å²) in [5, 5.41) is 8.02. The van der Waals surface area contributed by atoms with Crippen molar-refractivity contribution >= 4 is 0 Å². The fourth-order valence-electron chi connectivity index (χ4n) is 1.97. The molecule has 0 amide bonds. The molecule has 2 aromatic heterocycles. The highest BCUT2D eigenvalue weighted by atomic mass is 16.1. The number of aromatic amines is 1. The van der Waals surface area contributed by atoms with Crippen LogP contribution < -0.4 is 5.56 Å². The summed E-state index contributed by atoms with van der Waals surface area (Å²) in [4.78, 5) is 14.4. The molecule has 2 heterocycles. The molecule has 88 valence electrons. The molecule has 0 aliphatic heterocycles. The number of H-pyrrole nitrogens is 1. The maximum atomic E-state index is 11.5. The topological polar surface area (TPSA) is 58.6 Å². The van der Waals surface area contributed by atoms with E-state index in [0.29, 0.717) is 0 Å². The predicted octanol–water partition coefficient (Wildman–Crippen LogP) is 1.96. The normalized spacial score (nSPS) is 10.5. The minimum absolute atomic E-state index is 0.0497. The summed E-state index contributed by atoms with van der Waals surface area (Å²) in [6.07, 6.45) is 3.23. The molecule has 0 unspecified atom stereocenters. The standard InChI is InChI=1S/C13H15N3O/c1-3-9-8-12(17)15-10(4-2)13(9)11-6-5-7-14-16-11/h5-8H,3-4H2,1-2H3,(H,15,17). The van der Waals surface area contributed by atoms with Gasteiger partial charge in [0.25, 0.3) is 0 Å². The Morgan fingerprint density at radius 3 is 2.71 bits per heavy atom. The Kier molecular flexibility index (Phi) is 3.32. The first-order valence-electron chi connectivity index (χ1n) is 5.79. The number of nitrogens with one attached hydrogen (secondary N) is 1. The van der Waals surface area contributed by atoms with E-state index < -0.39 is 0 Å². The molecule has 17 heavy (non-hydrogen) atoms. The second kappa shape index (κ2) is 4.91. The van der Waals surface area contributed by atoms with Crippen molar-refractivity contribution in [2.45, 2.75) is 26.7 Å². The summed E-state index contributed by atoms with van der Waals surface area (Å²) in [7, 11) is 0. The SMILES string of the molecule is CCc1cc(=O)[nH]c(CC)c1-c1cccnn1. The molecule has 0 aromatic carbocycles. The molecule has 4 heteroatoms. The molecule has 0 radical (unpaired) electrons. The average Bonchev–Trinajstić information content (AvgIpc) is 2.38. The van der Waals surface area contributed by atoms with Crippen LogP contribution in [0, 0.1) is 0 Å². The Morgan fingerprint density at radius 1 is 1.29 bits per heavy atom. The van der Waals surface area contributed by atoms with Gasteiger partial charge in [0.1, 0.15) is 0 Å². The summed E-state index contributed by atoms with van der Waals surface area (Å²) in [5.74, 6) is 0. The van der Waals surface area contributed by atoms with Crippen molar-refractivity contribution in [2.24, 2.45) is 0 Å². The summed E-state index contributed by atoms with van der Waals surface area (Å²) >= 11 is 0. The van der Waals surface area contributed by atoms with E-state index in [9.17, 15) is 4.79 Å². The van der Waals surface area contributed by atoms with E-state index in [2.05, 4.69) is 15.2 Å². The third kappa shape index (κ3) is 2.25. The zero-order valence-corrected chi connectivity index (χ0v) is 10.0. The van der Waals surface area contributed by atoms with Crippen molar-refractivity contribution in [1.29, 1.82) is 0 Å². The molecule has 0 saturated carbocycles. The van der Waals surface area contributed by atoms with Crippen molar-refractivity contribution in [3.05, 3.63) is 46.0 Å². The first-order chi connectivity index (χ1) is 8.26. The highest BCUT2D eigenvalue weighted by Gasteiger charge is 2.11. The number of hydrogen-bond acceptors (Lipinski definition) is 3. The van der Waals surface area contributed by atoms with Crippen LogP contribution in [0.3, 0.4) is 0 Å². The van der Waals surface area contributed by atoms with Gasteiger partial charge < -0.3 is 4.98 Å². The molecule has 0 aliphatic rings. The van der Waals surface area contributed by atoms with E-state index in [-0.39, 0.29) is 5.56 Å². The van der Waals surface area contributed by atoms with Crippen molar-refractivity contribution in [3.8, 4) is 11.3 Å². The van der Waals surface area contributed by atoms with Crippen LogP contribution in [0.25, 0.3) is 11.3 Å². The van der Waals surface area contributed by atoms with Crippen molar-refractivity contribution in [2.75, 3.05) is 0 Å². The average molecular weight is 229 g/mol. The molecule has 0 atom stereocenters. The lowest BCUT2D eigenvalue weighted by molar-refractivity contribution is 0.966. The van der Waals surface area contributed by atoms with Gasteiger partial charge in [-0.3, -0.25) is 4.79 Å². The first kappa shape index (κ1) is 11.5. The van der Waals surface area contributed by atoms with Crippen LogP contribution >= 0.6 is 0 Å². The Labute approximate surface area is 99.7 Å². The zero-order chi connectivity index (χ0) is 12.3. The maximum Gasteiger partial charge on any atom is 0.248 e. The van der Waals surface area contributed by atoms with E-state index in [0.717, 1.165) is 35.4 Å². The molecule has 4 nitrogen and oxygen atoms in total. The number of rotatable bonds is 3. The number of hydrogen-bond donors (Lipinski definition) is 1. The minimum atomic E-state index is -0.0497. The van der Waals surface area contributed by atoms with E-state index >= 15 is 0 Å². The van der Waals surface area contributed by atoms with Gasteiger partial charge in [0.15, 0.2) is 0 Å². The third-order valence-electron chi connectivity index (χ3n) is 2.77. The summed E-state index contributed by atoms with van der Waals surface area (Å²) in [5.41, 5.74) is 3.73. The Bertz CT molecular complexity index is 532. The highest BCUT2D eigenvalue weighted by Crippen LogP contribution is 2.23. The van der Waals surface area contributed by atoms with Gasteiger partial charge >= 0.3 is 0 Å². The second-order valence-corrected chi connectivity index (χ2v) is 3.83. The van der Waals surface area contributed by atoms with Crippen molar-refractivity contribution in [3.63, 3.8) is 0 Å². The van der Waals surface area contributed by atoms with E-state index in [4.69, 9.17) is 0 Å². The van der Waals surface area contributed by atoms with E-state index in [1.807, 2.05) is 26.0 Å². The number of aromatic nitrogens is 3. The Hall–Kier alpha value is -1.97. The van der Waals surface area contributed by atoms with Crippen LogP contribution in [0.1, 0.15) is 25.1 Å². The zero-order valence-electron chi connectivity index (χ0n) is 10.0. The van der Waals surface area contributed by atoms with Crippen LogP contribution in [-0.4, -0.2) is 15.2 Å². The number of pyridine rings is 1. The van der Waals surface area contributed by atoms with Gasteiger partial charge in [0.05, 0.1) is 5.69 Å². The molecule has 0 saturated heterocycles. The molecule has 1 N–H and O–H groups in total. The van der Waals surface area contributed by atoms with Gasteiger partial charge in [-0.05, 0) is 30.5 Å². The molecule has 0 spiro atoms. The number of aryl methyl sites for hydroxylation is 2. The predicted molar refractivity (Wildman–Crippen MR) is 66.8 cm³/mol. The number of nitrogens with zero attached hydrogens (tertiary/aromatic N) is 2. The van der Waals surface area contributed by atoms with Crippen LogP contribution in [-0.2, 0) is 12.8 Å². The van der Waals surface area contributed by atoms with Gasteiger partial charge in [0.2, 0.25) is 5.56 Å². The van der Waals surface area contributed by atoms with Crippen LogP contribution in [0.5, 0.6) is 0 Å². The van der Waals surface area contributed by atoms with Crippen LogP contribution in [0.4, 0.5) is 0 Å². The monoisotopic (exact) mass is 229 g/mol. The largest absolute Gasteiger partial charge is 0.326 e. The molecule has 2 rings (SSSR count). The van der Waals surface area contributed by atoms with Gasteiger partial charge in [0, 0.05) is 23.5 Å². The maximum absolute atomic E-state index is 11.5. The van der Waals surface area contributed by atoms with Crippen LogP contribution in [0.2, 0.25) is 0 Å². The molecule has 0 bridgehead atoms. The Morgan fingerprint density at radius 2 is 2.12 bits per heavy atom. The van der Waals surface area contributed by atoms with E-state index in [1.165, 1.54) is 0 Å². The lowest BCUT2D eigenvalue weighted by Gasteiger charge is -2.11. The fourth-order valence-corrected chi connectivity index (χ4v) is 1.97. The summed E-state index contributed by atoms with van der Waals surface area (Å²) < 4.78 is 0. The second-order valence-electron chi connectivity index (χ2n) is 3.83. The Balaban J connectivity index is 2.71. The van der Waals surface area contributed by atoms with Crippen molar-refractivity contribution in [1.82, 2.24) is 15.2 Å². The lowest BCUT2D eigenvalue weighted by atomic mass is 10.00. The molecule has 2 aromatic rings. The lowest BCUT2D eigenvalue weighted by Crippen LogP contribution is -2.12. The smallest absolute Gasteiger partial charge is 0.248 e. The molecular formula is C13H15N3O. The summed E-state index contributed by atoms with van der Waals surface area (Å²) in [6, 6.07) is 5.41. The quantitative estimate of drug-likeness (QED) is 0.875. The molecular weight excluding hydrogens is 214 g/mol. The first-order valence-corrected chi connectivity index (χ1v) is 5.79. The highest BCUT2D eigenvalue weighted by molar-refractivity contribution is 5.65. The fraction of sp³-hybridized carbons (Fsp3) is 0.308. The van der Waals surface area contributed by atoms with Crippen LogP contribution in [0.15, 0.2) is 29.2 Å². The third-order valence-corrected chi connectivity index (χ3v) is 2.77. The summed E-state index contributed by atoms with van der Waals surface area (Å²) in [6.45, 7) is 4.05. The minimum Gasteiger partial charge on any atom is -0.326 e. The molecule has 0 fully saturated rings. The van der Waals surface area contributed by atoms with Gasteiger partial charge in [-0.15, -0.1) is 0 Å². The van der Waals surface area contributed by atoms with Gasteiger partial charge in [-0.25, -0.2) is 0 Å². The van der Waals surface area contributed by atoms with Gasteiger partial charge in [-0.1, -0.05) is 13.8 Å².